The van der Waals surface area contributed by atoms with Gasteiger partial charge in [0, 0.05) is 11.8 Å². The second kappa shape index (κ2) is 4.08. The molecule has 4 heteroatoms. The van der Waals surface area contributed by atoms with Gasteiger partial charge in [-0.2, -0.15) is 0 Å². The summed E-state index contributed by atoms with van der Waals surface area (Å²) in [5, 5.41) is 3.59. The van der Waals surface area contributed by atoms with Gasteiger partial charge in [-0.3, -0.25) is 0 Å². The van der Waals surface area contributed by atoms with Gasteiger partial charge in [0.05, 0.1) is 6.21 Å². The van der Waals surface area contributed by atoms with Gasteiger partial charge in [-0.25, -0.2) is 4.98 Å². The van der Waals surface area contributed by atoms with Crippen molar-refractivity contribution >= 4 is 22.1 Å². The summed E-state index contributed by atoms with van der Waals surface area (Å²) in [4.78, 5) is 8.51. The quantitative estimate of drug-likeness (QED) is 0.428. The minimum absolute atomic E-state index is 0.812. The number of nitrogens with zero attached hydrogens (tertiary/aromatic N) is 2. The molecule has 1 aromatic rings. The molecule has 1 rings (SSSR count). The minimum Gasteiger partial charge on any atom is -0.399 e. The standard InChI is InChI=1S/C7H7BrN2O/c1-11-10-5-6-2-3-7(8)9-4-6/h2-5H,1H3. The highest BCUT2D eigenvalue weighted by Gasteiger charge is 1.88. The van der Waals surface area contributed by atoms with Crippen LogP contribution in [-0.2, 0) is 4.84 Å². The van der Waals surface area contributed by atoms with Crippen LogP contribution in [0, 0.1) is 0 Å². The van der Waals surface area contributed by atoms with Crippen molar-refractivity contribution in [3.05, 3.63) is 28.5 Å². The molecule has 1 heterocycles. The Morgan fingerprint density at radius 3 is 3.00 bits per heavy atom. The first-order valence-corrected chi connectivity index (χ1v) is 3.80. The molecule has 3 nitrogen and oxygen atoms in total. The molecular formula is C7H7BrN2O. The molecule has 0 saturated carbocycles. The van der Waals surface area contributed by atoms with Gasteiger partial charge in [-0.15, -0.1) is 0 Å². The van der Waals surface area contributed by atoms with Crippen molar-refractivity contribution < 1.29 is 4.84 Å². The lowest BCUT2D eigenvalue weighted by atomic mass is 10.3. The average molecular weight is 215 g/mol. The molecule has 0 spiro atoms. The molecule has 1 aromatic heterocycles. The fourth-order valence-corrected chi connectivity index (χ4v) is 0.812. The Hall–Kier alpha value is -0.900. The maximum Gasteiger partial charge on any atom is 0.106 e. The molecule has 0 saturated heterocycles. The van der Waals surface area contributed by atoms with E-state index in [-0.39, 0.29) is 0 Å². The lowest BCUT2D eigenvalue weighted by Gasteiger charge is -1.90. The molecule has 0 aromatic carbocycles. The Balaban J connectivity index is 2.73. The van der Waals surface area contributed by atoms with Gasteiger partial charge >= 0.3 is 0 Å². The van der Waals surface area contributed by atoms with Gasteiger partial charge in [-0.1, -0.05) is 5.16 Å². The molecule has 0 aliphatic heterocycles. The Labute approximate surface area is 73.2 Å². The molecule has 0 bridgehead atoms. The van der Waals surface area contributed by atoms with Crippen molar-refractivity contribution in [3.63, 3.8) is 0 Å². The molecule has 0 amide bonds. The van der Waals surface area contributed by atoms with E-state index in [1.54, 1.807) is 12.4 Å². The summed E-state index contributed by atoms with van der Waals surface area (Å²) in [7, 11) is 1.50. The topological polar surface area (TPSA) is 34.5 Å². The zero-order valence-corrected chi connectivity index (χ0v) is 7.58. The molecule has 0 radical (unpaired) electrons. The second-order valence-electron chi connectivity index (χ2n) is 1.83. The van der Waals surface area contributed by atoms with Crippen LogP contribution in [0.4, 0.5) is 0 Å². The lowest BCUT2D eigenvalue weighted by Crippen LogP contribution is -1.83. The van der Waals surface area contributed by atoms with Crippen LogP contribution in [0.3, 0.4) is 0 Å². The van der Waals surface area contributed by atoms with E-state index < -0.39 is 0 Å². The highest BCUT2D eigenvalue weighted by molar-refractivity contribution is 9.10. The summed E-state index contributed by atoms with van der Waals surface area (Å²) in [5.41, 5.74) is 0.912. The number of hydrogen-bond donors (Lipinski definition) is 0. The summed E-state index contributed by atoms with van der Waals surface area (Å²) in [6.07, 6.45) is 3.30. The van der Waals surface area contributed by atoms with Crippen LogP contribution < -0.4 is 0 Å². The fourth-order valence-electron chi connectivity index (χ4n) is 0.577. The van der Waals surface area contributed by atoms with Crippen molar-refractivity contribution in [2.75, 3.05) is 7.11 Å². The number of oxime groups is 1. The monoisotopic (exact) mass is 214 g/mol. The van der Waals surface area contributed by atoms with Gasteiger partial charge in [-0.05, 0) is 28.1 Å². The smallest absolute Gasteiger partial charge is 0.106 e. The summed E-state index contributed by atoms with van der Waals surface area (Å²) in [6, 6.07) is 3.73. The van der Waals surface area contributed by atoms with E-state index in [9.17, 15) is 0 Å². The first kappa shape index (κ1) is 8.20. The van der Waals surface area contributed by atoms with Crippen molar-refractivity contribution in [2.45, 2.75) is 0 Å². The van der Waals surface area contributed by atoms with Crippen LogP contribution in [-0.4, -0.2) is 18.3 Å². The SMILES string of the molecule is CON=Cc1ccc(Br)nc1. The Bertz CT molecular complexity index is 245. The molecule has 0 atom stereocenters. The van der Waals surface area contributed by atoms with Crippen molar-refractivity contribution in [1.29, 1.82) is 0 Å². The van der Waals surface area contributed by atoms with Crippen LogP contribution in [0.25, 0.3) is 0 Å². The lowest BCUT2D eigenvalue weighted by molar-refractivity contribution is 0.215. The maximum absolute atomic E-state index is 4.51. The zero-order valence-electron chi connectivity index (χ0n) is 5.99. The van der Waals surface area contributed by atoms with Gasteiger partial charge in [0.15, 0.2) is 0 Å². The average Bonchev–Trinajstić information content (AvgIpc) is 2.04. The molecule has 58 valence electrons. The van der Waals surface area contributed by atoms with Crippen LogP contribution in [0.2, 0.25) is 0 Å². The number of pyridine rings is 1. The van der Waals surface area contributed by atoms with Crippen molar-refractivity contribution in [2.24, 2.45) is 5.16 Å². The summed E-state index contributed by atoms with van der Waals surface area (Å²) >= 11 is 3.23. The second-order valence-corrected chi connectivity index (χ2v) is 2.64. The maximum atomic E-state index is 4.51. The van der Waals surface area contributed by atoms with E-state index in [1.165, 1.54) is 7.11 Å². The number of halogens is 1. The normalized spacial score (nSPS) is 10.4. The van der Waals surface area contributed by atoms with Gasteiger partial charge in [0.2, 0.25) is 0 Å². The Morgan fingerprint density at radius 2 is 2.45 bits per heavy atom. The van der Waals surface area contributed by atoms with E-state index in [1.807, 2.05) is 12.1 Å². The number of hydrogen-bond acceptors (Lipinski definition) is 3. The predicted octanol–water partition coefficient (Wildman–Crippen LogP) is 1.82. The van der Waals surface area contributed by atoms with E-state index >= 15 is 0 Å². The third-order valence-electron chi connectivity index (χ3n) is 1.06. The highest BCUT2D eigenvalue weighted by Crippen LogP contribution is 2.04. The van der Waals surface area contributed by atoms with E-state index in [2.05, 4.69) is 30.9 Å². The summed E-state index contributed by atoms with van der Waals surface area (Å²) < 4.78 is 0.812. The summed E-state index contributed by atoms with van der Waals surface area (Å²) in [5.74, 6) is 0. The molecule has 0 fully saturated rings. The molecular weight excluding hydrogens is 208 g/mol. The predicted molar refractivity (Wildman–Crippen MR) is 46.5 cm³/mol. The van der Waals surface area contributed by atoms with E-state index in [0.29, 0.717) is 0 Å². The Morgan fingerprint density at radius 1 is 1.64 bits per heavy atom. The van der Waals surface area contributed by atoms with Gasteiger partial charge in [0.25, 0.3) is 0 Å². The van der Waals surface area contributed by atoms with Crippen molar-refractivity contribution in [3.8, 4) is 0 Å². The third kappa shape index (κ3) is 2.67. The number of aromatic nitrogens is 1. The van der Waals surface area contributed by atoms with Crippen molar-refractivity contribution in [1.82, 2.24) is 4.98 Å². The van der Waals surface area contributed by atoms with Gasteiger partial charge in [0.1, 0.15) is 11.7 Å². The molecule has 0 aliphatic rings. The first-order valence-electron chi connectivity index (χ1n) is 3.01. The Kier molecular flexibility index (Phi) is 3.04. The van der Waals surface area contributed by atoms with E-state index in [0.717, 1.165) is 10.2 Å². The zero-order chi connectivity index (χ0) is 8.10. The fraction of sp³-hybridized carbons (Fsp3) is 0.143. The number of rotatable bonds is 2. The summed E-state index contributed by atoms with van der Waals surface area (Å²) in [6.45, 7) is 0. The van der Waals surface area contributed by atoms with Crippen LogP contribution in [0.15, 0.2) is 28.1 Å². The van der Waals surface area contributed by atoms with Crippen LogP contribution >= 0.6 is 15.9 Å². The van der Waals surface area contributed by atoms with Gasteiger partial charge < -0.3 is 4.84 Å². The van der Waals surface area contributed by atoms with E-state index in [4.69, 9.17) is 0 Å². The molecule has 0 aliphatic carbocycles. The molecule has 11 heavy (non-hydrogen) atoms. The largest absolute Gasteiger partial charge is 0.399 e. The van der Waals surface area contributed by atoms with Crippen LogP contribution in [0.5, 0.6) is 0 Å². The molecule has 0 unspecified atom stereocenters. The first-order chi connectivity index (χ1) is 5.33. The highest BCUT2D eigenvalue weighted by atomic mass is 79.9. The third-order valence-corrected chi connectivity index (χ3v) is 1.53. The van der Waals surface area contributed by atoms with Crippen LogP contribution in [0.1, 0.15) is 5.56 Å². The molecule has 0 N–H and O–H groups in total. The minimum atomic E-state index is 0.812.